The van der Waals surface area contributed by atoms with Gasteiger partial charge in [-0.15, -0.1) is 0 Å². The quantitative estimate of drug-likeness (QED) is 0.834. The summed E-state index contributed by atoms with van der Waals surface area (Å²) in [6.07, 6.45) is 4.82. The highest BCUT2D eigenvalue weighted by Crippen LogP contribution is 2.21. The summed E-state index contributed by atoms with van der Waals surface area (Å²) in [4.78, 5) is 28.2. The van der Waals surface area contributed by atoms with Crippen LogP contribution >= 0.6 is 0 Å². The van der Waals surface area contributed by atoms with Crippen molar-refractivity contribution in [1.29, 1.82) is 0 Å². The molecule has 4 nitrogen and oxygen atoms in total. The lowest BCUT2D eigenvalue weighted by molar-refractivity contribution is -0.134. The molecule has 1 aromatic carbocycles. The second-order valence-corrected chi connectivity index (χ2v) is 6.40. The van der Waals surface area contributed by atoms with Crippen LogP contribution in [0.3, 0.4) is 0 Å². The van der Waals surface area contributed by atoms with E-state index in [1.54, 1.807) is 11.8 Å². The minimum absolute atomic E-state index is 0.0210. The van der Waals surface area contributed by atoms with Crippen molar-refractivity contribution in [2.75, 3.05) is 18.0 Å². The van der Waals surface area contributed by atoms with Crippen LogP contribution in [-0.2, 0) is 9.59 Å². The van der Waals surface area contributed by atoms with Gasteiger partial charge in [-0.05, 0) is 44.7 Å². The Kier molecular flexibility index (Phi) is 6.20. The summed E-state index contributed by atoms with van der Waals surface area (Å²) in [5.41, 5.74) is 2.02. The molecule has 126 valence electrons. The first-order chi connectivity index (χ1) is 11.0. The topological polar surface area (TPSA) is 40.6 Å². The average Bonchev–Trinajstić information content (AvgIpc) is 2.56. The fraction of sp³-hybridized carbons (Fsp3) is 0.579. The molecule has 0 bridgehead atoms. The highest BCUT2D eigenvalue weighted by Gasteiger charge is 2.25. The molecule has 23 heavy (non-hydrogen) atoms. The molecule has 0 aliphatic carbocycles. The minimum Gasteiger partial charge on any atom is -0.340 e. The van der Waals surface area contributed by atoms with Gasteiger partial charge in [0.05, 0.1) is 0 Å². The van der Waals surface area contributed by atoms with E-state index in [1.165, 1.54) is 6.42 Å². The van der Waals surface area contributed by atoms with Gasteiger partial charge in [-0.1, -0.05) is 24.6 Å². The van der Waals surface area contributed by atoms with Gasteiger partial charge in [0.15, 0.2) is 0 Å². The van der Waals surface area contributed by atoms with Crippen molar-refractivity contribution in [3.8, 4) is 0 Å². The van der Waals surface area contributed by atoms with Gasteiger partial charge < -0.3 is 9.80 Å². The predicted octanol–water partition coefficient (Wildman–Crippen LogP) is 3.53. The first-order valence-corrected chi connectivity index (χ1v) is 8.67. The smallest absolute Gasteiger partial charge is 0.224 e. The first-order valence-electron chi connectivity index (χ1n) is 8.67. The van der Waals surface area contributed by atoms with Gasteiger partial charge in [0.25, 0.3) is 0 Å². The van der Waals surface area contributed by atoms with Gasteiger partial charge in [0, 0.05) is 38.2 Å². The molecule has 1 aromatic rings. The van der Waals surface area contributed by atoms with Crippen LogP contribution in [-0.4, -0.2) is 35.8 Å². The van der Waals surface area contributed by atoms with Crippen LogP contribution in [0, 0.1) is 6.92 Å². The fourth-order valence-electron chi connectivity index (χ4n) is 3.30. The van der Waals surface area contributed by atoms with E-state index in [-0.39, 0.29) is 11.8 Å². The maximum absolute atomic E-state index is 12.6. The summed E-state index contributed by atoms with van der Waals surface area (Å²) in [5.74, 6) is 0.155. The van der Waals surface area contributed by atoms with Crippen molar-refractivity contribution in [3.63, 3.8) is 0 Å². The molecule has 0 saturated carbocycles. The van der Waals surface area contributed by atoms with E-state index >= 15 is 0 Å². The number of hydrogen-bond donors (Lipinski definition) is 0. The molecule has 2 rings (SSSR count). The van der Waals surface area contributed by atoms with Gasteiger partial charge in [-0.2, -0.15) is 0 Å². The number of nitrogens with zero attached hydrogens (tertiary/aromatic N) is 2. The molecule has 0 aromatic heterocycles. The Bertz CT molecular complexity index is 539. The molecule has 2 amide bonds. The molecule has 4 heteroatoms. The molecule has 1 aliphatic rings. The Morgan fingerprint density at radius 1 is 1.22 bits per heavy atom. The van der Waals surface area contributed by atoms with Crippen molar-refractivity contribution in [1.82, 2.24) is 4.90 Å². The van der Waals surface area contributed by atoms with Crippen molar-refractivity contribution in [3.05, 3.63) is 29.8 Å². The Balaban J connectivity index is 1.99. The number of amides is 2. The molecular formula is C19H28N2O2. The third-order valence-electron chi connectivity index (χ3n) is 4.69. The number of likely N-dealkylation sites (tertiary alicyclic amines) is 1. The molecular weight excluding hydrogens is 288 g/mol. The number of benzene rings is 1. The summed E-state index contributed by atoms with van der Waals surface area (Å²) in [6.45, 7) is 7.03. The number of hydrogen-bond acceptors (Lipinski definition) is 2. The van der Waals surface area contributed by atoms with E-state index < -0.39 is 0 Å². The summed E-state index contributed by atoms with van der Waals surface area (Å²) < 4.78 is 0. The van der Waals surface area contributed by atoms with Gasteiger partial charge in [0.1, 0.15) is 0 Å². The van der Waals surface area contributed by atoms with E-state index in [0.29, 0.717) is 19.0 Å². The molecule has 1 atom stereocenters. The second kappa shape index (κ2) is 8.14. The van der Waals surface area contributed by atoms with Crippen LogP contribution in [0.5, 0.6) is 0 Å². The predicted molar refractivity (Wildman–Crippen MR) is 93.5 cm³/mol. The second-order valence-electron chi connectivity index (χ2n) is 6.40. The number of carbonyl (C=O) groups is 2. The van der Waals surface area contributed by atoms with Crippen molar-refractivity contribution in [2.45, 2.75) is 58.9 Å². The molecule has 1 unspecified atom stereocenters. The van der Waals surface area contributed by atoms with Gasteiger partial charge in [-0.3, -0.25) is 9.59 Å². The zero-order valence-corrected chi connectivity index (χ0v) is 14.5. The summed E-state index contributed by atoms with van der Waals surface area (Å²) in [5, 5.41) is 0. The molecule has 1 fully saturated rings. The third kappa shape index (κ3) is 4.57. The zero-order chi connectivity index (χ0) is 16.8. The normalized spacial score (nSPS) is 17.9. The maximum atomic E-state index is 12.6. The summed E-state index contributed by atoms with van der Waals surface area (Å²) >= 11 is 0. The van der Waals surface area contributed by atoms with Gasteiger partial charge in [0.2, 0.25) is 11.8 Å². The highest BCUT2D eigenvalue weighted by molar-refractivity contribution is 5.92. The van der Waals surface area contributed by atoms with Crippen LogP contribution in [0.15, 0.2) is 24.3 Å². The fourth-order valence-corrected chi connectivity index (χ4v) is 3.30. The SMILES string of the molecule is CCC1CCCCN1C(=O)CCN(C(C)=O)c1ccc(C)cc1. The summed E-state index contributed by atoms with van der Waals surface area (Å²) in [6, 6.07) is 8.24. The van der Waals surface area contributed by atoms with Crippen LogP contribution in [0.25, 0.3) is 0 Å². The number of rotatable bonds is 5. The van der Waals surface area contributed by atoms with E-state index in [9.17, 15) is 9.59 Å². The minimum atomic E-state index is -0.0210. The Labute approximate surface area is 139 Å². The first kappa shape index (κ1) is 17.5. The lowest BCUT2D eigenvalue weighted by Gasteiger charge is -2.35. The largest absolute Gasteiger partial charge is 0.340 e. The molecule has 0 N–H and O–H groups in total. The van der Waals surface area contributed by atoms with Crippen molar-refractivity contribution >= 4 is 17.5 Å². The molecule has 0 spiro atoms. The van der Waals surface area contributed by atoms with Crippen molar-refractivity contribution in [2.24, 2.45) is 0 Å². The van der Waals surface area contributed by atoms with E-state index in [2.05, 4.69) is 6.92 Å². The van der Waals surface area contributed by atoms with Crippen LogP contribution in [0.1, 0.15) is 51.5 Å². The monoisotopic (exact) mass is 316 g/mol. The number of anilines is 1. The molecule has 0 radical (unpaired) electrons. The standard InChI is InChI=1S/C19H28N2O2/c1-4-17-7-5-6-13-21(17)19(23)12-14-20(16(3)22)18-10-8-15(2)9-11-18/h8-11,17H,4-7,12-14H2,1-3H3. The average molecular weight is 316 g/mol. The molecule has 1 saturated heterocycles. The molecule has 1 aliphatic heterocycles. The summed E-state index contributed by atoms with van der Waals surface area (Å²) in [7, 11) is 0. The third-order valence-corrected chi connectivity index (χ3v) is 4.69. The van der Waals surface area contributed by atoms with Gasteiger partial charge in [-0.25, -0.2) is 0 Å². The van der Waals surface area contributed by atoms with Crippen molar-refractivity contribution < 1.29 is 9.59 Å². The number of aryl methyl sites for hydroxylation is 1. The van der Waals surface area contributed by atoms with E-state index in [1.807, 2.05) is 36.1 Å². The zero-order valence-electron chi connectivity index (χ0n) is 14.5. The van der Waals surface area contributed by atoms with Crippen LogP contribution in [0.4, 0.5) is 5.69 Å². The number of carbonyl (C=O) groups excluding carboxylic acids is 2. The van der Waals surface area contributed by atoms with Gasteiger partial charge >= 0.3 is 0 Å². The Hall–Kier alpha value is -1.84. The lowest BCUT2D eigenvalue weighted by Crippen LogP contribution is -2.44. The Morgan fingerprint density at radius 2 is 1.91 bits per heavy atom. The van der Waals surface area contributed by atoms with Crippen LogP contribution < -0.4 is 4.90 Å². The highest BCUT2D eigenvalue weighted by atomic mass is 16.2. The number of piperidine rings is 1. The van der Waals surface area contributed by atoms with E-state index in [0.717, 1.165) is 37.1 Å². The van der Waals surface area contributed by atoms with E-state index in [4.69, 9.17) is 0 Å². The molecule has 1 heterocycles. The maximum Gasteiger partial charge on any atom is 0.224 e. The Morgan fingerprint density at radius 3 is 2.52 bits per heavy atom. The lowest BCUT2D eigenvalue weighted by atomic mass is 9.99. The van der Waals surface area contributed by atoms with Crippen LogP contribution in [0.2, 0.25) is 0 Å².